The van der Waals surface area contributed by atoms with Crippen molar-refractivity contribution in [1.29, 1.82) is 0 Å². The molecule has 0 saturated heterocycles. The van der Waals surface area contributed by atoms with Gasteiger partial charge in [-0.3, -0.25) is 4.79 Å². The quantitative estimate of drug-likeness (QED) is 0.648. The third-order valence-electron chi connectivity index (χ3n) is 4.14. The number of fused-ring (bicyclic) bond motifs is 1. The fourth-order valence-electron chi connectivity index (χ4n) is 2.72. The van der Waals surface area contributed by atoms with Crippen LogP contribution >= 0.6 is 11.6 Å². The molecule has 0 unspecified atom stereocenters. The van der Waals surface area contributed by atoms with Crippen LogP contribution in [0, 0.1) is 6.92 Å². The zero-order valence-electron chi connectivity index (χ0n) is 14.3. The lowest BCUT2D eigenvalue weighted by Crippen LogP contribution is -2.32. The first-order chi connectivity index (χ1) is 12.1. The molecule has 128 valence electrons. The first-order valence-electron chi connectivity index (χ1n) is 8.30. The molecule has 0 fully saturated rings. The highest BCUT2D eigenvalue weighted by Crippen LogP contribution is 2.27. The van der Waals surface area contributed by atoms with E-state index in [1.54, 1.807) is 12.1 Å². The van der Waals surface area contributed by atoms with Gasteiger partial charge in [0.05, 0.1) is 0 Å². The van der Waals surface area contributed by atoms with E-state index in [9.17, 15) is 4.79 Å². The molecule has 0 aromatic heterocycles. The lowest BCUT2D eigenvalue weighted by atomic mass is 10.1. The third-order valence-corrected chi connectivity index (χ3v) is 4.37. The molecule has 0 aliphatic rings. The number of anilines is 1. The molecule has 1 amide bonds. The van der Waals surface area contributed by atoms with Gasteiger partial charge < -0.3 is 10.1 Å². The maximum Gasteiger partial charge on any atom is 0.265 e. The molecule has 1 N–H and O–H groups in total. The fraction of sp³-hybridized carbons (Fsp3) is 0.190. The van der Waals surface area contributed by atoms with Gasteiger partial charge >= 0.3 is 0 Å². The Labute approximate surface area is 152 Å². The third kappa shape index (κ3) is 3.94. The van der Waals surface area contributed by atoms with Crippen molar-refractivity contribution in [2.45, 2.75) is 26.4 Å². The van der Waals surface area contributed by atoms with Crippen molar-refractivity contribution < 1.29 is 9.53 Å². The average Bonchev–Trinajstić information content (AvgIpc) is 2.62. The number of hydrogen-bond acceptors (Lipinski definition) is 2. The molecule has 25 heavy (non-hydrogen) atoms. The second kappa shape index (κ2) is 7.58. The maximum atomic E-state index is 12.7. The molecule has 0 aliphatic heterocycles. The van der Waals surface area contributed by atoms with E-state index >= 15 is 0 Å². The topological polar surface area (TPSA) is 38.3 Å². The van der Waals surface area contributed by atoms with Gasteiger partial charge in [0.15, 0.2) is 6.10 Å². The molecule has 0 saturated carbocycles. The Hall–Kier alpha value is -2.52. The fourth-order valence-corrected chi connectivity index (χ4v) is 2.89. The number of nitrogens with one attached hydrogen (secondary N) is 1. The molecule has 3 rings (SSSR count). The average molecular weight is 354 g/mol. The van der Waals surface area contributed by atoms with Gasteiger partial charge in [-0.15, -0.1) is 0 Å². The van der Waals surface area contributed by atoms with Crippen LogP contribution in [0.3, 0.4) is 0 Å². The maximum absolute atomic E-state index is 12.7. The van der Waals surface area contributed by atoms with E-state index in [1.807, 2.05) is 62.4 Å². The molecule has 3 aromatic carbocycles. The standard InChI is InChI=1S/C21H20ClNO2/c1-3-19(21(24)23-18-13-16(22)12-11-14(18)2)25-20-10-6-8-15-7-4-5-9-17(15)20/h4-13,19H,3H2,1-2H3,(H,23,24)/t19-/m0/s1. The summed E-state index contributed by atoms with van der Waals surface area (Å²) in [5.74, 6) is 0.531. The van der Waals surface area contributed by atoms with Gasteiger partial charge in [0, 0.05) is 16.1 Å². The molecule has 4 heteroatoms. The van der Waals surface area contributed by atoms with E-state index < -0.39 is 6.10 Å². The van der Waals surface area contributed by atoms with Crippen molar-refractivity contribution in [3.63, 3.8) is 0 Å². The summed E-state index contributed by atoms with van der Waals surface area (Å²) in [7, 11) is 0. The van der Waals surface area contributed by atoms with Crippen LogP contribution in [0.2, 0.25) is 5.02 Å². The van der Waals surface area contributed by atoms with Crippen LogP contribution in [0.15, 0.2) is 60.7 Å². The second-order valence-electron chi connectivity index (χ2n) is 5.94. The summed E-state index contributed by atoms with van der Waals surface area (Å²) in [5, 5.41) is 5.59. The van der Waals surface area contributed by atoms with Crippen molar-refractivity contribution in [3.05, 3.63) is 71.2 Å². The monoisotopic (exact) mass is 353 g/mol. The number of amides is 1. The number of ether oxygens (including phenoxy) is 1. The van der Waals surface area contributed by atoms with E-state index in [0.29, 0.717) is 22.9 Å². The molecule has 1 atom stereocenters. The number of benzene rings is 3. The molecular formula is C21H20ClNO2. The Bertz CT molecular complexity index is 902. The summed E-state index contributed by atoms with van der Waals surface area (Å²) in [4.78, 5) is 12.7. The SMILES string of the molecule is CC[C@H](Oc1cccc2ccccc12)C(=O)Nc1cc(Cl)ccc1C. The van der Waals surface area contributed by atoms with Gasteiger partial charge in [-0.05, 0) is 42.5 Å². The van der Waals surface area contributed by atoms with Crippen molar-refractivity contribution in [3.8, 4) is 5.75 Å². The number of rotatable bonds is 5. The first-order valence-corrected chi connectivity index (χ1v) is 8.67. The Morgan fingerprint density at radius 3 is 2.68 bits per heavy atom. The summed E-state index contributed by atoms with van der Waals surface area (Å²) in [6.07, 6.45) is -0.0153. The zero-order valence-corrected chi connectivity index (χ0v) is 15.0. The van der Waals surface area contributed by atoms with Crippen LogP contribution in [0.5, 0.6) is 5.75 Å². The lowest BCUT2D eigenvalue weighted by Gasteiger charge is -2.19. The second-order valence-corrected chi connectivity index (χ2v) is 6.38. The predicted molar refractivity (Wildman–Crippen MR) is 103 cm³/mol. The highest BCUT2D eigenvalue weighted by molar-refractivity contribution is 6.31. The molecule has 0 aliphatic carbocycles. The van der Waals surface area contributed by atoms with Crippen LogP contribution in [-0.4, -0.2) is 12.0 Å². The van der Waals surface area contributed by atoms with Gasteiger partial charge in [-0.25, -0.2) is 0 Å². The van der Waals surface area contributed by atoms with E-state index in [0.717, 1.165) is 16.3 Å². The van der Waals surface area contributed by atoms with E-state index in [-0.39, 0.29) is 5.91 Å². The minimum absolute atomic E-state index is 0.180. The Morgan fingerprint density at radius 1 is 1.12 bits per heavy atom. The molecule has 3 nitrogen and oxygen atoms in total. The van der Waals surface area contributed by atoms with E-state index in [4.69, 9.17) is 16.3 Å². The highest BCUT2D eigenvalue weighted by Gasteiger charge is 2.20. The molecule has 0 spiro atoms. The molecule has 3 aromatic rings. The number of aryl methyl sites for hydroxylation is 1. The smallest absolute Gasteiger partial charge is 0.265 e. The van der Waals surface area contributed by atoms with Crippen LogP contribution in [0.1, 0.15) is 18.9 Å². The van der Waals surface area contributed by atoms with Crippen molar-refractivity contribution in [2.24, 2.45) is 0 Å². The highest BCUT2D eigenvalue weighted by atomic mass is 35.5. The van der Waals surface area contributed by atoms with E-state index in [1.165, 1.54) is 0 Å². The van der Waals surface area contributed by atoms with Crippen molar-refractivity contribution in [1.82, 2.24) is 0 Å². The first kappa shape index (κ1) is 17.3. The molecule has 0 heterocycles. The van der Waals surface area contributed by atoms with Gasteiger partial charge in [0.1, 0.15) is 5.75 Å². The van der Waals surface area contributed by atoms with Crippen molar-refractivity contribution in [2.75, 3.05) is 5.32 Å². The number of carbonyl (C=O) groups excluding carboxylic acids is 1. The number of carbonyl (C=O) groups is 1. The summed E-state index contributed by atoms with van der Waals surface area (Å²) in [6.45, 7) is 3.86. The normalized spacial score (nSPS) is 12.0. The Balaban J connectivity index is 1.82. The predicted octanol–water partition coefficient (Wildman–Crippen LogP) is 5.60. The van der Waals surface area contributed by atoms with Gasteiger partial charge in [-0.1, -0.05) is 61.0 Å². The van der Waals surface area contributed by atoms with Crippen LogP contribution < -0.4 is 10.1 Å². The minimum atomic E-state index is -0.579. The molecule has 0 radical (unpaired) electrons. The number of hydrogen-bond donors (Lipinski definition) is 1. The van der Waals surface area contributed by atoms with Crippen molar-refractivity contribution >= 4 is 34.0 Å². The van der Waals surface area contributed by atoms with Gasteiger partial charge in [-0.2, -0.15) is 0 Å². The lowest BCUT2D eigenvalue weighted by molar-refractivity contribution is -0.122. The zero-order chi connectivity index (χ0) is 17.8. The summed E-state index contributed by atoms with van der Waals surface area (Å²) >= 11 is 6.03. The molecule has 0 bridgehead atoms. The Morgan fingerprint density at radius 2 is 1.88 bits per heavy atom. The number of halogens is 1. The van der Waals surface area contributed by atoms with Crippen LogP contribution in [0.4, 0.5) is 5.69 Å². The van der Waals surface area contributed by atoms with Gasteiger partial charge in [0.25, 0.3) is 5.91 Å². The minimum Gasteiger partial charge on any atom is -0.480 e. The summed E-state index contributed by atoms with van der Waals surface area (Å²) in [5.41, 5.74) is 1.66. The summed E-state index contributed by atoms with van der Waals surface area (Å²) < 4.78 is 6.04. The largest absolute Gasteiger partial charge is 0.480 e. The molecular weight excluding hydrogens is 334 g/mol. The summed E-state index contributed by atoms with van der Waals surface area (Å²) in [6, 6.07) is 19.3. The van der Waals surface area contributed by atoms with Crippen LogP contribution in [0.25, 0.3) is 10.8 Å². The van der Waals surface area contributed by atoms with Crippen LogP contribution in [-0.2, 0) is 4.79 Å². The van der Waals surface area contributed by atoms with Gasteiger partial charge in [0.2, 0.25) is 0 Å². The van der Waals surface area contributed by atoms with E-state index in [2.05, 4.69) is 5.32 Å². The Kier molecular flexibility index (Phi) is 5.25.